The van der Waals surface area contributed by atoms with E-state index in [9.17, 15) is 0 Å². The van der Waals surface area contributed by atoms with Crippen molar-refractivity contribution in [3.05, 3.63) is 23.3 Å². The first-order chi connectivity index (χ1) is 8.36. The number of ether oxygens (including phenoxy) is 2. The summed E-state index contributed by atoms with van der Waals surface area (Å²) in [6.07, 6.45) is 1.08. The van der Waals surface area contributed by atoms with Crippen LogP contribution in [0.5, 0.6) is 5.75 Å². The number of nitrogens with one attached hydrogen (secondary N) is 2. The lowest BCUT2D eigenvalue weighted by molar-refractivity contribution is 0.195. The zero-order chi connectivity index (χ0) is 11.7. The summed E-state index contributed by atoms with van der Waals surface area (Å²) in [4.78, 5) is 0. The van der Waals surface area contributed by atoms with Gasteiger partial charge in [0.25, 0.3) is 0 Å². The van der Waals surface area contributed by atoms with Crippen molar-refractivity contribution >= 4 is 5.69 Å². The predicted octanol–water partition coefficient (Wildman–Crippen LogP) is 1.50. The molecular weight excluding hydrogens is 216 g/mol. The van der Waals surface area contributed by atoms with Crippen LogP contribution in [-0.4, -0.2) is 26.4 Å². The highest BCUT2D eigenvalue weighted by Gasteiger charge is 2.20. The molecule has 3 rings (SSSR count). The highest BCUT2D eigenvalue weighted by Crippen LogP contribution is 2.31. The molecule has 1 aromatic rings. The van der Waals surface area contributed by atoms with Crippen LogP contribution >= 0.6 is 0 Å². The molecule has 1 saturated heterocycles. The molecule has 1 aromatic carbocycles. The number of anilines is 1. The molecule has 2 heterocycles. The van der Waals surface area contributed by atoms with E-state index in [2.05, 4.69) is 22.8 Å². The molecule has 0 bridgehead atoms. The van der Waals surface area contributed by atoms with Crippen LogP contribution < -0.4 is 15.4 Å². The summed E-state index contributed by atoms with van der Waals surface area (Å²) in [7, 11) is 1.71. The van der Waals surface area contributed by atoms with Gasteiger partial charge in [0.2, 0.25) is 0 Å². The van der Waals surface area contributed by atoms with Crippen LogP contribution in [0, 0.1) is 0 Å². The van der Waals surface area contributed by atoms with Gasteiger partial charge in [-0.3, -0.25) is 0 Å². The molecule has 0 aliphatic carbocycles. The number of rotatable bonds is 3. The van der Waals surface area contributed by atoms with Crippen molar-refractivity contribution in [3.63, 3.8) is 0 Å². The molecule has 0 spiro atoms. The Morgan fingerprint density at radius 2 is 2.35 bits per heavy atom. The Hall–Kier alpha value is -1.26. The van der Waals surface area contributed by atoms with Gasteiger partial charge in [0, 0.05) is 31.5 Å². The van der Waals surface area contributed by atoms with Crippen molar-refractivity contribution in [2.45, 2.75) is 25.6 Å². The quantitative estimate of drug-likeness (QED) is 0.831. The largest absolute Gasteiger partial charge is 0.497 e. The molecule has 2 N–H and O–H groups in total. The third-order valence-corrected chi connectivity index (χ3v) is 3.46. The molecule has 1 atom stereocenters. The fraction of sp³-hybridized carbons (Fsp3) is 0.538. The van der Waals surface area contributed by atoms with Crippen LogP contribution in [0.15, 0.2) is 12.1 Å². The summed E-state index contributed by atoms with van der Waals surface area (Å²) in [6, 6.07) is 4.64. The standard InChI is InChI=1S/C13H18N2O2/c1-16-11-4-9-6-14-7-12(9)13(5-11)15-10-2-3-17-8-10/h4-5,10,14-15H,2-3,6-8H2,1H3/t10-/m1/s1. The van der Waals surface area contributed by atoms with E-state index in [1.165, 1.54) is 16.8 Å². The zero-order valence-electron chi connectivity index (χ0n) is 10.1. The first kappa shape index (κ1) is 10.9. The molecule has 17 heavy (non-hydrogen) atoms. The van der Waals surface area contributed by atoms with Crippen LogP contribution in [0.25, 0.3) is 0 Å². The van der Waals surface area contributed by atoms with Crippen LogP contribution in [0.3, 0.4) is 0 Å². The SMILES string of the molecule is COc1cc2c(c(N[C@@H]3CCOC3)c1)CNC2. The summed E-state index contributed by atoms with van der Waals surface area (Å²) in [6.45, 7) is 3.54. The van der Waals surface area contributed by atoms with E-state index >= 15 is 0 Å². The highest BCUT2D eigenvalue weighted by molar-refractivity contribution is 5.60. The Labute approximate surface area is 101 Å². The van der Waals surface area contributed by atoms with Crippen LogP contribution in [0.4, 0.5) is 5.69 Å². The Morgan fingerprint density at radius 3 is 3.12 bits per heavy atom. The van der Waals surface area contributed by atoms with E-state index in [-0.39, 0.29) is 0 Å². The molecule has 2 aliphatic rings. The predicted molar refractivity (Wildman–Crippen MR) is 66.4 cm³/mol. The molecule has 2 aliphatic heterocycles. The van der Waals surface area contributed by atoms with Gasteiger partial charge in [-0.05, 0) is 23.6 Å². The van der Waals surface area contributed by atoms with Gasteiger partial charge < -0.3 is 20.1 Å². The van der Waals surface area contributed by atoms with Gasteiger partial charge in [-0.1, -0.05) is 0 Å². The molecule has 0 aromatic heterocycles. The summed E-state index contributed by atoms with van der Waals surface area (Å²) in [5.74, 6) is 0.925. The van der Waals surface area contributed by atoms with Crippen molar-refractivity contribution in [2.75, 3.05) is 25.6 Å². The maximum Gasteiger partial charge on any atom is 0.121 e. The first-order valence-electron chi connectivity index (χ1n) is 6.11. The van der Waals surface area contributed by atoms with Crippen molar-refractivity contribution in [1.29, 1.82) is 0 Å². The Morgan fingerprint density at radius 1 is 1.41 bits per heavy atom. The lowest BCUT2D eigenvalue weighted by Gasteiger charge is -2.16. The van der Waals surface area contributed by atoms with E-state index < -0.39 is 0 Å². The van der Waals surface area contributed by atoms with Crippen LogP contribution in [0.1, 0.15) is 17.5 Å². The van der Waals surface area contributed by atoms with Gasteiger partial charge >= 0.3 is 0 Å². The van der Waals surface area contributed by atoms with E-state index in [1.54, 1.807) is 7.11 Å². The molecule has 4 nitrogen and oxygen atoms in total. The molecule has 0 radical (unpaired) electrons. The summed E-state index contributed by atoms with van der Waals surface area (Å²) >= 11 is 0. The van der Waals surface area contributed by atoms with Gasteiger partial charge in [-0.25, -0.2) is 0 Å². The van der Waals surface area contributed by atoms with E-state index in [4.69, 9.17) is 9.47 Å². The van der Waals surface area contributed by atoms with Gasteiger partial charge in [0.1, 0.15) is 5.75 Å². The average molecular weight is 234 g/mol. The van der Waals surface area contributed by atoms with Gasteiger partial charge in [0.15, 0.2) is 0 Å². The second-order valence-corrected chi connectivity index (χ2v) is 4.62. The number of hydrogen-bond acceptors (Lipinski definition) is 4. The van der Waals surface area contributed by atoms with E-state index in [1.807, 2.05) is 0 Å². The van der Waals surface area contributed by atoms with Crippen molar-refractivity contribution in [1.82, 2.24) is 5.32 Å². The third kappa shape index (κ3) is 2.10. The minimum Gasteiger partial charge on any atom is -0.497 e. The minimum atomic E-state index is 0.437. The fourth-order valence-electron chi connectivity index (χ4n) is 2.51. The maximum absolute atomic E-state index is 5.40. The maximum atomic E-state index is 5.40. The molecule has 1 fully saturated rings. The molecule has 0 amide bonds. The number of hydrogen-bond donors (Lipinski definition) is 2. The number of benzene rings is 1. The van der Waals surface area contributed by atoms with Gasteiger partial charge in [0.05, 0.1) is 19.8 Å². The second-order valence-electron chi connectivity index (χ2n) is 4.62. The summed E-state index contributed by atoms with van der Waals surface area (Å²) < 4.78 is 10.7. The smallest absolute Gasteiger partial charge is 0.121 e. The van der Waals surface area contributed by atoms with Crippen LogP contribution in [-0.2, 0) is 17.8 Å². The monoisotopic (exact) mass is 234 g/mol. The lowest BCUT2D eigenvalue weighted by Crippen LogP contribution is -2.20. The lowest BCUT2D eigenvalue weighted by atomic mass is 10.1. The number of fused-ring (bicyclic) bond motifs is 1. The van der Waals surface area contributed by atoms with Crippen molar-refractivity contribution in [2.24, 2.45) is 0 Å². The molecular formula is C13H18N2O2. The van der Waals surface area contributed by atoms with Gasteiger partial charge in [-0.2, -0.15) is 0 Å². The topological polar surface area (TPSA) is 42.5 Å². The molecule has 0 unspecified atom stereocenters. The van der Waals surface area contributed by atoms with Crippen LogP contribution in [0.2, 0.25) is 0 Å². The van der Waals surface area contributed by atoms with Gasteiger partial charge in [-0.15, -0.1) is 0 Å². The minimum absolute atomic E-state index is 0.437. The fourth-order valence-corrected chi connectivity index (χ4v) is 2.51. The number of methoxy groups -OCH3 is 1. The van der Waals surface area contributed by atoms with Crippen molar-refractivity contribution < 1.29 is 9.47 Å². The summed E-state index contributed by atoms with van der Waals surface area (Å²) in [5.41, 5.74) is 3.91. The Kier molecular flexibility index (Phi) is 2.91. The second kappa shape index (κ2) is 4.55. The first-order valence-corrected chi connectivity index (χ1v) is 6.11. The van der Waals surface area contributed by atoms with Crippen molar-refractivity contribution in [3.8, 4) is 5.75 Å². The molecule has 92 valence electrons. The normalized spacial score (nSPS) is 22.5. The Bertz CT molecular complexity index is 414. The molecule has 0 saturated carbocycles. The third-order valence-electron chi connectivity index (χ3n) is 3.46. The van der Waals surface area contributed by atoms with E-state index in [0.29, 0.717) is 6.04 Å². The average Bonchev–Trinajstić information content (AvgIpc) is 2.98. The molecule has 4 heteroatoms. The zero-order valence-corrected chi connectivity index (χ0v) is 10.1. The highest BCUT2D eigenvalue weighted by atomic mass is 16.5. The van der Waals surface area contributed by atoms with E-state index in [0.717, 1.165) is 38.5 Å². The summed E-state index contributed by atoms with van der Waals surface area (Å²) in [5, 5.41) is 6.95. The Balaban J connectivity index is 1.88.